The molecule has 0 radical (unpaired) electrons. The molecule has 0 heterocycles. The molecule has 1 aromatic rings. The number of benzene rings is 1. The summed E-state index contributed by atoms with van der Waals surface area (Å²) in [5.41, 5.74) is 0.661. The van der Waals surface area contributed by atoms with Gasteiger partial charge < -0.3 is 0 Å². The topological polar surface area (TPSA) is 17.1 Å². The zero-order valence-corrected chi connectivity index (χ0v) is 8.84. The molecule has 1 atom stereocenters. The van der Waals surface area contributed by atoms with Crippen molar-refractivity contribution in [2.45, 2.75) is 6.92 Å². The van der Waals surface area contributed by atoms with Crippen molar-refractivity contribution in [2.75, 3.05) is 0 Å². The van der Waals surface area contributed by atoms with Crippen LogP contribution in [-0.4, -0.2) is 5.78 Å². The van der Waals surface area contributed by atoms with E-state index in [-0.39, 0.29) is 11.7 Å². The number of carbonyl (C=O) groups excluding carboxylic acids is 1. The Hall–Kier alpha value is -1.07. The molecule has 66 valence electrons. The molecule has 0 bridgehead atoms. The highest BCUT2D eigenvalue weighted by Crippen LogP contribution is 2.13. The summed E-state index contributed by atoms with van der Waals surface area (Å²) in [4.78, 5) is 11.5. The molecule has 0 amide bonds. The third kappa shape index (κ3) is 2.43. The molecule has 0 aliphatic rings. The summed E-state index contributed by atoms with van der Waals surface area (Å²) in [5, 5.41) is 0. The van der Waals surface area contributed by atoms with Crippen molar-refractivity contribution in [2.24, 2.45) is 5.92 Å². The van der Waals surface area contributed by atoms with Gasteiger partial charge in [-0.3, -0.25) is 4.79 Å². The van der Waals surface area contributed by atoms with Crippen LogP contribution in [0, 0.1) is 18.3 Å². The van der Waals surface area contributed by atoms with Gasteiger partial charge in [0.25, 0.3) is 0 Å². The standard InChI is InChI=1S/C11H9BrO/c1-3-8(2)11(13)9-4-6-10(12)7-5-9/h1,4-8H,2H3. The fourth-order valence-corrected chi connectivity index (χ4v) is 1.20. The van der Waals surface area contributed by atoms with Gasteiger partial charge in [0, 0.05) is 10.0 Å². The monoisotopic (exact) mass is 236 g/mol. The van der Waals surface area contributed by atoms with E-state index in [1.54, 1.807) is 19.1 Å². The van der Waals surface area contributed by atoms with Crippen molar-refractivity contribution in [3.8, 4) is 12.3 Å². The smallest absolute Gasteiger partial charge is 0.177 e. The van der Waals surface area contributed by atoms with Gasteiger partial charge in [0.15, 0.2) is 5.78 Å². The van der Waals surface area contributed by atoms with Crippen LogP contribution in [0.5, 0.6) is 0 Å². The van der Waals surface area contributed by atoms with E-state index in [0.717, 1.165) is 4.47 Å². The van der Waals surface area contributed by atoms with Gasteiger partial charge in [-0.25, -0.2) is 0 Å². The van der Waals surface area contributed by atoms with E-state index in [2.05, 4.69) is 21.9 Å². The van der Waals surface area contributed by atoms with Gasteiger partial charge >= 0.3 is 0 Å². The van der Waals surface area contributed by atoms with Crippen molar-refractivity contribution in [1.82, 2.24) is 0 Å². The van der Waals surface area contributed by atoms with Gasteiger partial charge in [-0.2, -0.15) is 0 Å². The molecule has 0 N–H and O–H groups in total. The summed E-state index contributed by atoms with van der Waals surface area (Å²) in [7, 11) is 0. The molecule has 0 aliphatic carbocycles. The summed E-state index contributed by atoms with van der Waals surface area (Å²) in [5.74, 6) is 2.07. The average Bonchev–Trinajstić information content (AvgIpc) is 2.17. The van der Waals surface area contributed by atoms with E-state index in [4.69, 9.17) is 6.42 Å². The van der Waals surface area contributed by atoms with Gasteiger partial charge in [0.1, 0.15) is 0 Å². The highest BCUT2D eigenvalue weighted by molar-refractivity contribution is 9.10. The molecule has 1 unspecified atom stereocenters. The zero-order chi connectivity index (χ0) is 9.84. The van der Waals surface area contributed by atoms with E-state index >= 15 is 0 Å². The van der Waals surface area contributed by atoms with Gasteiger partial charge in [-0.15, -0.1) is 6.42 Å². The van der Waals surface area contributed by atoms with E-state index < -0.39 is 0 Å². The molecular weight excluding hydrogens is 228 g/mol. The molecule has 13 heavy (non-hydrogen) atoms. The Kier molecular flexibility index (Phi) is 3.27. The van der Waals surface area contributed by atoms with E-state index in [1.807, 2.05) is 12.1 Å². The predicted octanol–water partition coefficient (Wildman–Crippen LogP) is 2.90. The molecule has 1 nitrogen and oxygen atoms in total. The Morgan fingerprint density at radius 2 is 2.00 bits per heavy atom. The third-order valence-electron chi connectivity index (χ3n) is 1.77. The Morgan fingerprint density at radius 3 is 2.46 bits per heavy atom. The second-order valence-corrected chi connectivity index (χ2v) is 3.68. The second kappa shape index (κ2) is 4.25. The normalized spacial score (nSPS) is 11.8. The van der Waals surface area contributed by atoms with Crippen LogP contribution in [0.15, 0.2) is 28.7 Å². The average molecular weight is 237 g/mol. The molecule has 1 aromatic carbocycles. The number of ketones is 1. The Morgan fingerprint density at radius 1 is 1.46 bits per heavy atom. The molecular formula is C11H9BrO. The molecule has 0 aromatic heterocycles. The fourth-order valence-electron chi connectivity index (χ4n) is 0.940. The summed E-state index contributed by atoms with van der Waals surface area (Å²) < 4.78 is 0.956. The minimum absolute atomic E-state index is 0.00463. The maximum atomic E-state index is 11.5. The van der Waals surface area contributed by atoms with E-state index in [1.165, 1.54) is 0 Å². The SMILES string of the molecule is C#CC(C)C(=O)c1ccc(Br)cc1. The van der Waals surface area contributed by atoms with E-state index in [9.17, 15) is 4.79 Å². The molecule has 0 saturated carbocycles. The van der Waals surface area contributed by atoms with Gasteiger partial charge in [0.2, 0.25) is 0 Å². The highest BCUT2D eigenvalue weighted by atomic mass is 79.9. The van der Waals surface area contributed by atoms with Crippen LogP contribution in [-0.2, 0) is 0 Å². The first-order valence-electron chi connectivity index (χ1n) is 3.91. The predicted molar refractivity (Wildman–Crippen MR) is 56.5 cm³/mol. The first-order chi connectivity index (χ1) is 6.15. The lowest BCUT2D eigenvalue weighted by Crippen LogP contribution is -2.08. The number of terminal acetylenes is 1. The van der Waals surface area contributed by atoms with Crippen LogP contribution in [0.3, 0.4) is 0 Å². The summed E-state index contributed by atoms with van der Waals surface area (Å²) in [6.45, 7) is 1.73. The van der Waals surface area contributed by atoms with Crippen LogP contribution < -0.4 is 0 Å². The van der Waals surface area contributed by atoms with Crippen molar-refractivity contribution in [1.29, 1.82) is 0 Å². The largest absolute Gasteiger partial charge is 0.293 e. The van der Waals surface area contributed by atoms with Gasteiger partial charge in [-0.05, 0) is 19.1 Å². The fraction of sp³-hybridized carbons (Fsp3) is 0.182. The molecule has 0 fully saturated rings. The highest BCUT2D eigenvalue weighted by Gasteiger charge is 2.11. The first-order valence-corrected chi connectivity index (χ1v) is 4.70. The lowest BCUT2D eigenvalue weighted by molar-refractivity contribution is 0.0957. The summed E-state index contributed by atoms with van der Waals surface area (Å²) in [6, 6.07) is 7.19. The van der Waals surface area contributed by atoms with Crippen LogP contribution >= 0.6 is 15.9 Å². The maximum absolute atomic E-state index is 11.5. The Bertz CT molecular complexity index is 345. The molecule has 0 saturated heterocycles. The van der Waals surface area contributed by atoms with Crippen molar-refractivity contribution in [3.63, 3.8) is 0 Å². The second-order valence-electron chi connectivity index (χ2n) is 2.76. The summed E-state index contributed by atoms with van der Waals surface area (Å²) in [6.07, 6.45) is 5.16. The number of hydrogen-bond acceptors (Lipinski definition) is 1. The van der Waals surface area contributed by atoms with Crippen LogP contribution in [0.25, 0.3) is 0 Å². The minimum atomic E-state index is -0.346. The molecule has 1 rings (SSSR count). The maximum Gasteiger partial charge on any atom is 0.177 e. The number of rotatable bonds is 2. The molecule has 2 heteroatoms. The van der Waals surface area contributed by atoms with Crippen molar-refractivity contribution < 1.29 is 4.79 Å². The van der Waals surface area contributed by atoms with Gasteiger partial charge in [0.05, 0.1) is 5.92 Å². The number of Topliss-reactive ketones (excluding diaryl/α,β-unsaturated/α-hetero) is 1. The first kappa shape index (κ1) is 10.0. The van der Waals surface area contributed by atoms with E-state index in [0.29, 0.717) is 5.56 Å². The van der Waals surface area contributed by atoms with Crippen molar-refractivity contribution in [3.05, 3.63) is 34.3 Å². The minimum Gasteiger partial charge on any atom is -0.293 e. The number of hydrogen-bond donors (Lipinski definition) is 0. The summed E-state index contributed by atoms with van der Waals surface area (Å²) >= 11 is 3.30. The van der Waals surface area contributed by atoms with Crippen molar-refractivity contribution >= 4 is 21.7 Å². The molecule has 0 aliphatic heterocycles. The Labute approximate surface area is 86.3 Å². The van der Waals surface area contributed by atoms with Crippen LogP contribution in [0.1, 0.15) is 17.3 Å². The lowest BCUT2D eigenvalue weighted by Gasteiger charge is -2.02. The number of carbonyl (C=O) groups is 1. The Balaban J connectivity index is 2.91. The van der Waals surface area contributed by atoms with Crippen LogP contribution in [0.2, 0.25) is 0 Å². The zero-order valence-electron chi connectivity index (χ0n) is 7.25. The van der Waals surface area contributed by atoms with Crippen LogP contribution in [0.4, 0.5) is 0 Å². The number of halogens is 1. The lowest BCUT2D eigenvalue weighted by atomic mass is 10.0. The quantitative estimate of drug-likeness (QED) is 0.571. The van der Waals surface area contributed by atoms with Gasteiger partial charge in [-0.1, -0.05) is 34.0 Å². The molecule has 0 spiro atoms. The third-order valence-corrected chi connectivity index (χ3v) is 2.30.